The van der Waals surface area contributed by atoms with Gasteiger partial charge in [-0.05, 0) is 6.42 Å². The minimum Gasteiger partial charge on any atom is -0.390 e. The van der Waals surface area contributed by atoms with E-state index in [1.807, 2.05) is 6.92 Å². The van der Waals surface area contributed by atoms with Crippen LogP contribution in [0, 0.1) is 0 Å². The van der Waals surface area contributed by atoms with Crippen molar-refractivity contribution in [1.29, 1.82) is 0 Å². The molecule has 60 valence electrons. The number of carbonyl (C=O) groups is 1. The van der Waals surface area contributed by atoms with E-state index in [1.54, 1.807) is 0 Å². The second-order valence-corrected chi connectivity index (χ2v) is 1.97. The SMILES string of the molecule is CCCOC(O)(C=O)CO. The predicted octanol–water partition coefficient (Wildman–Crippen LogP) is -0.707. The van der Waals surface area contributed by atoms with Crippen LogP contribution in [0.1, 0.15) is 13.3 Å². The standard InChI is InChI=1S/C6H12O4/c1-2-3-10-6(9,4-7)5-8/h4,8-9H,2-3,5H2,1H3. The number of ether oxygens (including phenoxy) is 1. The van der Waals surface area contributed by atoms with Crippen LogP contribution in [0.2, 0.25) is 0 Å². The van der Waals surface area contributed by atoms with Gasteiger partial charge < -0.3 is 14.9 Å². The van der Waals surface area contributed by atoms with Crippen molar-refractivity contribution in [2.75, 3.05) is 13.2 Å². The molecule has 0 heterocycles. The zero-order valence-electron chi connectivity index (χ0n) is 5.91. The second-order valence-electron chi connectivity index (χ2n) is 1.97. The third-order valence-corrected chi connectivity index (χ3v) is 0.967. The minimum atomic E-state index is -1.99. The van der Waals surface area contributed by atoms with Gasteiger partial charge in [0.05, 0.1) is 6.61 Å². The molecule has 0 bridgehead atoms. The Kier molecular flexibility index (Phi) is 4.18. The highest BCUT2D eigenvalue weighted by Crippen LogP contribution is 2.01. The topological polar surface area (TPSA) is 66.8 Å². The van der Waals surface area contributed by atoms with Crippen LogP contribution in [0.5, 0.6) is 0 Å². The van der Waals surface area contributed by atoms with Gasteiger partial charge in [0.15, 0.2) is 6.29 Å². The maximum absolute atomic E-state index is 10.0. The molecule has 2 N–H and O–H groups in total. The lowest BCUT2D eigenvalue weighted by Gasteiger charge is -2.18. The van der Waals surface area contributed by atoms with Crippen molar-refractivity contribution in [3.8, 4) is 0 Å². The van der Waals surface area contributed by atoms with E-state index in [-0.39, 0.29) is 12.9 Å². The Balaban J connectivity index is 3.68. The lowest BCUT2D eigenvalue weighted by atomic mass is 10.3. The van der Waals surface area contributed by atoms with E-state index in [2.05, 4.69) is 4.74 Å². The number of carbonyl (C=O) groups excluding carboxylic acids is 1. The van der Waals surface area contributed by atoms with Gasteiger partial charge in [-0.3, -0.25) is 4.79 Å². The van der Waals surface area contributed by atoms with Crippen LogP contribution >= 0.6 is 0 Å². The summed E-state index contributed by atoms with van der Waals surface area (Å²) < 4.78 is 4.61. The zero-order chi connectivity index (χ0) is 8.04. The number of hydrogen-bond donors (Lipinski definition) is 2. The molecule has 0 aliphatic carbocycles. The van der Waals surface area contributed by atoms with Crippen LogP contribution < -0.4 is 0 Å². The summed E-state index contributed by atoms with van der Waals surface area (Å²) in [4.78, 5) is 10.0. The highest BCUT2D eigenvalue weighted by atomic mass is 16.6. The van der Waals surface area contributed by atoms with Gasteiger partial charge >= 0.3 is 0 Å². The maximum atomic E-state index is 10.0. The smallest absolute Gasteiger partial charge is 0.247 e. The molecular formula is C6H12O4. The number of aliphatic hydroxyl groups is 2. The molecule has 1 atom stereocenters. The largest absolute Gasteiger partial charge is 0.390 e. The molecule has 4 heteroatoms. The van der Waals surface area contributed by atoms with Crippen molar-refractivity contribution < 1.29 is 19.7 Å². The number of aldehydes is 1. The van der Waals surface area contributed by atoms with E-state index >= 15 is 0 Å². The van der Waals surface area contributed by atoms with Crippen molar-refractivity contribution in [3.63, 3.8) is 0 Å². The van der Waals surface area contributed by atoms with Crippen molar-refractivity contribution in [2.24, 2.45) is 0 Å². The zero-order valence-corrected chi connectivity index (χ0v) is 5.91. The average Bonchev–Trinajstić information content (AvgIpc) is 2.00. The van der Waals surface area contributed by atoms with Gasteiger partial charge in [0.2, 0.25) is 5.79 Å². The number of rotatable bonds is 5. The fourth-order valence-corrected chi connectivity index (χ4v) is 0.396. The molecular weight excluding hydrogens is 136 g/mol. The first-order chi connectivity index (χ1) is 4.68. The Morgan fingerprint density at radius 1 is 1.70 bits per heavy atom. The summed E-state index contributed by atoms with van der Waals surface area (Å²) in [7, 11) is 0. The van der Waals surface area contributed by atoms with E-state index in [0.717, 1.165) is 0 Å². The lowest BCUT2D eigenvalue weighted by Crippen LogP contribution is -2.38. The molecule has 0 aliphatic rings. The van der Waals surface area contributed by atoms with Crippen LogP contribution in [-0.4, -0.2) is 35.5 Å². The first-order valence-electron chi connectivity index (χ1n) is 3.12. The number of hydrogen-bond acceptors (Lipinski definition) is 4. The van der Waals surface area contributed by atoms with Gasteiger partial charge in [-0.1, -0.05) is 6.92 Å². The molecule has 0 spiro atoms. The molecule has 0 fully saturated rings. The van der Waals surface area contributed by atoms with Gasteiger partial charge in [0.25, 0.3) is 0 Å². The molecule has 0 aromatic rings. The van der Waals surface area contributed by atoms with E-state index < -0.39 is 12.4 Å². The fourth-order valence-electron chi connectivity index (χ4n) is 0.396. The van der Waals surface area contributed by atoms with E-state index in [0.29, 0.717) is 6.42 Å². The summed E-state index contributed by atoms with van der Waals surface area (Å²) in [6.45, 7) is 1.40. The predicted molar refractivity (Wildman–Crippen MR) is 34.3 cm³/mol. The molecule has 0 saturated carbocycles. The molecule has 0 rings (SSSR count). The Bertz CT molecular complexity index is 104. The van der Waals surface area contributed by atoms with Crippen LogP contribution in [0.3, 0.4) is 0 Å². The summed E-state index contributed by atoms with van der Waals surface area (Å²) in [6, 6.07) is 0. The second kappa shape index (κ2) is 4.38. The Morgan fingerprint density at radius 2 is 2.30 bits per heavy atom. The monoisotopic (exact) mass is 148 g/mol. The Hall–Kier alpha value is -0.450. The highest BCUT2D eigenvalue weighted by molar-refractivity contribution is 5.59. The van der Waals surface area contributed by atoms with Crippen molar-refractivity contribution in [1.82, 2.24) is 0 Å². The van der Waals surface area contributed by atoms with Gasteiger partial charge in [0.1, 0.15) is 6.61 Å². The summed E-state index contributed by atoms with van der Waals surface area (Å²) in [5, 5.41) is 17.3. The third-order valence-electron chi connectivity index (χ3n) is 0.967. The quantitative estimate of drug-likeness (QED) is 0.399. The summed E-state index contributed by atoms with van der Waals surface area (Å²) in [5.41, 5.74) is 0. The van der Waals surface area contributed by atoms with Crippen LogP contribution in [0.4, 0.5) is 0 Å². The number of aliphatic hydroxyl groups excluding tert-OH is 1. The molecule has 4 nitrogen and oxygen atoms in total. The summed E-state index contributed by atoms with van der Waals surface area (Å²) >= 11 is 0. The molecule has 1 unspecified atom stereocenters. The van der Waals surface area contributed by atoms with E-state index in [9.17, 15) is 4.79 Å². The van der Waals surface area contributed by atoms with Crippen LogP contribution in [-0.2, 0) is 9.53 Å². The Morgan fingerprint density at radius 3 is 2.60 bits per heavy atom. The van der Waals surface area contributed by atoms with Crippen molar-refractivity contribution >= 4 is 6.29 Å². The highest BCUT2D eigenvalue weighted by Gasteiger charge is 2.25. The molecule has 0 saturated heterocycles. The normalized spacial score (nSPS) is 16.3. The molecule has 0 aromatic heterocycles. The van der Waals surface area contributed by atoms with Gasteiger partial charge in [-0.15, -0.1) is 0 Å². The van der Waals surface area contributed by atoms with Crippen LogP contribution in [0.25, 0.3) is 0 Å². The van der Waals surface area contributed by atoms with Gasteiger partial charge in [0, 0.05) is 0 Å². The first kappa shape index (κ1) is 9.55. The molecule has 0 aromatic carbocycles. The molecule has 0 amide bonds. The van der Waals surface area contributed by atoms with E-state index in [4.69, 9.17) is 10.2 Å². The van der Waals surface area contributed by atoms with Gasteiger partial charge in [-0.2, -0.15) is 0 Å². The summed E-state index contributed by atoms with van der Waals surface area (Å²) in [5.74, 6) is -1.99. The summed E-state index contributed by atoms with van der Waals surface area (Å²) in [6.07, 6.45) is 0.874. The van der Waals surface area contributed by atoms with Gasteiger partial charge in [-0.25, -0.2) is 0 Å². The first-order valence-corrected chi connectivity index (χ1v) is 3.12. The van der Waals surface area contributed by atoms with E-state index in [1.165, 1.54) is 0 Å². The molecule has 10 heavy (non-hydrogen) atoms. The molecule has 0 aliphatic heterocycles. The minimum absolute atomic E-state index is 0.183. The van der Waals surface area contributed by atoms with Crippen LogP contribution in [0.15, 0.2) is 0 Å². The third kappa shape index (κ3) is 2.91. The molecule has 0 radical (unpaired) electrons. The van der Waals surface area contributed by atoms with Crippen molar-refractivity contribution in [2.45, 2.75) is 19.1 Å². The maximum Gasteiger partial charge on any atom is 0.247 e. The lowest BCUT2D eigenvalue weighted by molar-refractivity contribution is -0.208. The fraction of sp³-hybridized carbons (Fsp3) is 0.833. The average molecular weight is 148 g/mol. The Labute approximate surface area is 59.4 Å². The van der Waals surface area contributed by atoms with Crippen molar-refractivity contribution in [3.05, 3.63) is 0 Å².